The van der Waals surface area contributed by atoms with Crippen molar-refractivity contribution in [2.45, 2.75) is 0 Å². The Morgan fingerprint density at radius 2 is 1.30 bits per heavy atom. The van der Waals surface area contributed by atoms with E-state index in [4.69, 9.17) is 4.74 Å². The lowest BCUT2D eigenvalue weighted by molar-refractivity contribution is -0.153. The highest BCUT2D eigenvalue weighted by molar-refractivity contribution is 6.02. The second kappa shape index (κ2) is 4.87. The van der Waals surface area contributed by atoms with E-state index >= 15 is 0 Å². The molecule has 6 nitrogen and oxygen atoms in total. The number of carbonyl (C=O) groups is 3. The maximum Gasteiger partial charge on any atom is 0.321 e. The molecule has 116 valence electrons. The largest absolute Gasteiger partial charge is 0.411 e. The van der Waals surface area contributed by atoms with E-state index < -0.39 is 23.8 Å². The number of hydrogen-bond donors (Lipinski definition) is 0. The summed E-state index contributed by atoms with van der Waals surface area (Å²) in [4.78, 5) is 39.1. The topological polar surface area (TPSA) is 82.0 Å². The molecule has 0 aromatic carbocycles. The molecule has 0 aromatic heterocycles. The van der Waals surface area contributed by atoms with Gasteiger partial charge in [-0.25, -0.2) is 0 Å². The van der Waals surface area contributed by atoms with Gasteiger partial charge in [0, 0.05) is 7.05 Å². The average molecular weight is 311 g/mol. The van der Waals surface area contributed by atoms with E-state index in [0.29, 0.717) is 5.90 Å². The van der Waals surface area contributed by atoms with Crippen molar-refractivity contribution >= 4 is 23.8 Å². The maximum absolute atomic E-state index is 11.8. The zero-order valence-corrected chi connectivity index (χ0v) is 12.3. The summed E-state index contributed by atoms with van der Waals surface area (Å²) in [6.45, 7) is 0. The van der Waals surface area contributed by atoms with E-state index in [9.17, 15) is 14.4 Å². The minimum atomic E-state index is -0.574. The van der Waals surface area contributed by atoms with Crippen molar-refractivity contribution in [3.05, 3.63) is 47.6 Å². The molecule has 2 heterocycles. The van der Waals surface area contributed by atoms with Crippen LogP contribution in [-0.4, -0.2) is 30.9 Å². The van der Waals surface area contributed by atoms with Gasteiger partial charge >= 0.3 is 17.9 Å². The highest BCUT2D eigenvalue weighted by Crippen LogP contribution is 2.37. The van der Waals surface area contributed by atoms with Crippen molar-refractivity contribution in [3.8, 4) is 0 Å². The van der Waals surface area contributed by atoms with Crippen LogP contribution in [0, 0.1) is 23.7 Å². The predicted molar refractivity (Wildman–Crippen MR) is 79.0 cm³/mol. The number of ether oxygens (including phenoxy) is 2. The molecular formula is C17H13NO5. The normalized spacial score (nSPS) is 36.4. The number of hydrogen-bond acceptors (Lipinski definition) is 6. The van der Waals surface area contributed by atoms with Crippen molar-refractivity contribution in [3.63, 3.8) is 0 Å². The highest BCUT2D eigenvalue weighted by atomic mass is 16.6. The number of carbonyl (C=O) groups excluding carboxylic acids is 3. The Hall–Kier alpha value is -2.76. The number of fused-ring (bicyclic) bond motifs is 2. The number of rotatable bonds is 1. The van der Waals surface area contributed by atoms with Gasteiger partial charge in [-0.15, -0.1) is 0 Å². The molecule has 0 spiro atoms. The summed E-state index contributed by atoms with van der Waals surface area (Å²) in [5.41, 5.74) is 1.69. The number of allylic oxidation sites excluding steroid dienone is 4. The summed E-state index contributed by atoms with van der Waals surface area (Å²) in [6.07, 6.45) is 10.8. The van der Waals surface area contributed by atoms with E-state index in [-0.39, 0.29) is 17.8 Å². The third kappa shape index (κ3) is 2.02. The molecule has 2 fully saturated rings. The summed E-state index contributed by atoms with van der Waals surface area (Å²) in [5.74, 6) is -2.61. The van der Waals surface area contributed by atoms with Crippen LogP contribution in [0.15, 0.2) is 52.6 Å². The summed E-state index contributed by atoms with van der Waals surface area (Å²) in [7, 11) is 1.58. The van der Waals surface area contributed by atoms with Crippen molar-refractivity contribution in [2.24, 2.45) is 28.7 Å². The Kier molecular flexibility index (Phi) is 2.94. The molecule has 0 amide bonds. The third-order valence-electron chi connectivity index (χ3n) is 4.52. The zero-order chi connectivity index (χ0) is 16.1. The number of esters is 3. The fraction of sp³-hybridized carbons (Fsp3) is 0.294. The Labute approximate surface area is 131 Å². The van der Waals surface area contributed by atoms with Crippen molar-refractivity contribution < 1.29 is 23.9 Å². The molecule has 2 saturated heterocycles. The molecule has 4 atom stereocenters. The fourth-order valence-corrected chi connectivity index (χ4v) is 3.30. The smallest absolute Gasteiger partial charge is 0.321 e. The molecular weight excluding hydrogens is 298 g/mol. The van der Waals surface area contributed by atoms with Crippen LogP contribution < -0.4 is 0 Å². The van der Waals surface area contributed by atoms with Crippen LogP contribution in [0.25, 0.3) is 0 Å². The predicted octanol–water partition coefficient (Wildman–Crippen LogP) is 1.11. The molecule has 0 saturated carbocycles. The van der Waals surface area contributed by atoms with Gasteiger partial charge in [0.1, 0.15) is 0 Å². The molecule has 4 rings (SSSR count). The van der Waals surface area contributed by atoms with E-state index in [1.165, 1.54) is 0 Å². The molecule has 4 aliphatic rings. The Morgan fingerprint density at radius 1 is 0.783 bits per heavy atom. The Bertz CT molecular complexity index is 783. The van der Waals surface area contributed by atoms with Crippen molar-refractivity contribution in [1.29, 1.82) is 0 Å². The summed E-state index contributed by atoms with van der Waals surface area (Å²) in [5, 5.41) is 0. The van der Waals surface area contributed by atoms with Gasteiger partial charge in [-0.3, -0.25) is 19.4 Å². The summed E-state index contributed by atoms with van der Waals surface area (Å²) in [6, 6.07) is 0. The summed E-state index contributed by atoms with van der Waals surface area (Å²) >= 11 is 0. The van der Waals surface area contributed by atoms with Crippen LogP contribution in [-0.2, 0) is 23.9 Å². The quantitative estimate of drug-likeness (QED) is 0.535. The van der Waals surface area contributed by atoms with Crippen LogP contribution in [0.3, 0.4) is 0 Å². The second-order valence-electron chi connectivity index (χ2n) is 5.79. The minimum absolute atomic E-state index is 0.225. The first-order valence-electron chi connectivity index (χ1n) is 7.33. The highest BCUT2D eigenvalue weighted by Gasteiger charge is 2.44. The summed E-state index contributed by atoms with van der Waals surface area (Å²) < 4.78 is 9.82. The molecule has 2 aliphatic heterocycles. The molecule has 0 radical (unpaired) electrons. The van der Waals surface area contributed by atoms with Crippen molar-refractivity contribution in [2.75, 3.05) is 7.05 Å². The molecule has 23 heavy (non-hydrogen) atoms. The molecule has 0 aromatic rings. The number of cyclic esters (lactones) is 3. The van der Waals surface area contributed by atoms with Crippen LogP contribution in [0.5, 0.6) is 0 Å². The Balaban J connectivity index is 1.67. The lowest BCUT2D eigenvalue weighted by Crippen LogP contribution is -2.19. The number of nitrogens with zero attached hydrogens (tertiary/aromatic N) is 1. The molecule has 6 heteroatoms. The van der Waals surface area contributed by atoms with Gasteiger partial charge in [-0.1, -0.05) is 36.5 Å². The number of aliphatic imine (C=N–C) groups is 1. The Morgan fingerprint density at radius 3 is 1.96 bits per heavy atom. The van der Waals surface area contributed by atoms with Gasteiger partial charge in [0.05, 0.1) is 23.7 Å². The van der Waals surface area contributed by atoms with Gasteiger partial charge in [0.15, 0.2) is 0 Å². The molecule has 0 bridgehead atoms. The lowest BCUT2D eigenvalue weighted by atomic mass is 9.81. The van der Waals surface area contributed by atoms with Crippen LogP contribution >= 0.6 is 0 Å². The van der Waals surface area contributed by atoms with Gasteiger partial charge in [0.2, 0.25) is 5.90 Å². The van der Waals surface area contributed by atoms with Gasteiger partial charge in [-0.2, -0.15) is 0 Å². The van der Waals surface area contributed by atoms with Crippen LogP contribution in [0.4, 0.5) is 0 Å². The molecule has 4 unspecified atom stereocenters. The van der Waals surface area contributed by atoms with E-state index in [1.807, 2.05) is 12.2 Å². The SMILES string of the molecule is CN=C1OC(=O)C2C=CC(C3=CC4C(=O)OC(=O)C4C=C3)=CC12. The van der Waals surface area contributed by atoms with Gasteiger partial charge < -0.3 is 9.47 Å². The minimum Gasteiger partial charge on any atom is -0.411 e. The van der Waals surface area contributed by atoms with E-state index in [0.717, 1.165) is 11.1 Å². The standard InChI is InChI=1S/C17H13NO5/c1-18-14-12-6-8(2-4-10(12)15(19)22-14)9-3-5-11-13(7-9)17(21)23-16(11)20/h2-7,10-13H,1H3. The maximum atomic E-state index is 11.8. The molecule has 0 N–H and O–H groups in total. The molecule has 2 aliphatic carbocycles. The van der Waals surface area contributed by atoms with Gasteiger partial charge in [-0.05, 0) is 11.1 Å². The lowest BCUT2D eigenvalue weighted by Gasteiger charge is -2.19. The third-order valence-corrected chi connectivity index (χ3v) is 4.52. The van der Waals surface area contributed by atoms with Gasteiger partial charge in [0.25, 0.3) is 0 Å². The first-order chi connectivity index (χ1) is 11.1. The average Bonchev–Trinajstić information content (AvgIpc) is 3.04. The first kappa shape index (κ1) is 13.9. The first-order valence-corrected chi connectivity index (χ1v) is 7.33. The van der Waals surface area contributed by atoms with E-state index in [1.54, 1.807) is 31.4 Å². The van der Waals surface area contributed by atoms with Crippen LogP contribution in [0.2, 0.25) is 0 Å². The monoisotopic (exact) mass is 311 g/mol. The second-order valence-corrected chi connectivity index (χ2v) is 5.79. The van der Waals surface area contributed by atoms with Crippen molar-refractivity contribution in [1.82, 2.24) is 0 Å². The zero-order valence-electron chi connectivity index (χ0n) is 12.3. The fourth-order valence-electron chi connectivity index (χ4n) is 3.30. The van der Waals surface area contributed by atoms with E-state index in [2.05, 4.69) is 9.73 Å². The van der Waals surface area contributed by atoms with Crippen LogP contribution in [0.1, 0.15) is 0 Å².